The van der Waals surface area contributed by atoms with Gasteiger partial charge in [-0.15, -0.1) is 5.10 Å². The lowest BCUT2D eigenvalue weighted by Crippen LogP contribution is -2.20. The summed E-state index contributed by atoms with van der Waals surface area (Å²) in [4.78, 5) is 12.2. The second-order valence-corrected chi connectivity index (χ2v) is 9.03. The average molecular weight is 541 g/mol. The van der Waals surface area contributed by atoms with E-state index in [1.807, 2.05) is 61.5 Å². The van der Waals surface area contributed by atoms with E-state index in [0.29, 0.717) is 32.6 Å². The zero-order chi connectivity index (χ0) is 24.3. The Labute approximate surface area is 211 Å². The highest BCUT2D eigenvalue weighted by Gasteiger charge is 2.12. The number of amides is 1. The lowest BCUT2D eigenvalue weighted by Gasteiger charge is -2.12. The van der Waals surface area contributed by atoms with Gasteiger partial charge >= 0.3 is 0 Å². The van der Waals surface area contributed by atoms with Crippen LogP contribution in [0.2, 0.25) is 0 Å². The van der Waals surface area contributed by atoms with Crippen molar-refractivity contribution in [2.24, 2.45) is 15.9 Å². The van der Waals surface area contributed by atoms with Gasteiger partial charge in [0.1, 0.15) is 0 Å². The molecule has 0 aliphatic rings. The molecule has 3 aromatic rings. The van der Waals surface area contributed by atoms with Crippen LogP contribution in [0.3, 0.4) is 0 Å². The molecule has 3 rings (SSSR count). The molecule has 0 heterocycles. The standard InChI is InChI=1S/C25H25BrN4O3S/c1-17-8-10-20(11-9-17)29-24(31)15-33-23-13-21(26)19(12-22(23)32-2)14-28-30-25(27)34-16-18-6-4-3-5-7-18/h3-14H,15-16H2,1-2H3,(H2,27,30)(H,29,31). The summed E-state index contributed by atoms with van der Waals surface area (Å²) in [5.41, 5.74) is 9.64. The first kappa shape index (κ1) is 25.3. The lowest BCUT2D eigenvalue weighted by molar-refractivity contribution is -0.118. The molecule has 3 N–H and O–H groups in total. The summed E-state index contributed by atoms with van der Waals surface area (Å²) in [5.74, 6) is 1.33. The number of hydrogen-bond acceptors (Lipinski definition) is 6. The first-order valence-corrected chi connectivity index (χ1v) is 12.1. The van der Waals surface area contributed by atoms with E-state index in [4.69, 9.17) is 15.2 Å². The molecule has 0 aliphatic carbocycles. The molecule has 9 heteroatoms. The van der Waals surface area contributed by atoms with Gasteiger partial charge in [-0.1, -0.05) is 59.8 Å². The maximum atomic E-state index is 12.2. The summed E-state index contributed by atoms with van der Waals surface area (Å²) in [6.07, 6.45) is 1.57. The summed E-state index contributed by atoms with van der Waals surface area (Å²) in [6, 6.07) is 21.0. The highest BCUT2D eigenvalue weighted by atomic mass is 79.9. The lowest BCUT2D eigenvalue weighted by atomic mass is 10.2. The molecule has 7 nitrogen and oxygen atoms in total. The number of halogens is 1. The monoisotopic (exact) mass is 540 g/mol. The van der Waals surface area contributed by atoms with Gasteiger partial charge < -0.3 is 20.5 Å². The molecule has 176 valence electrons. The van der Waals surface area contributed by atoms with Gasteiger partial charge in [-0.05, 0) is 52.7 Å². The van der Waals surface area contributed by atoms with Gasteiger partial charge in [0.2, 0.25) is 0 Å². The van der Waals surface area contributed by atoms with Crippen LogP contribution in [0, 0.1) is 6.92 Å². The van der Waals surface area contributed by atoms with Gasteiger partial charge in [0, 0.05) is 21.5 Å². The van der Waals surface area contributed by atoms with Crippen molar-refractivity contribution in [3.8, 4) is 11.5 Å². The number of aryl methyl sites for hydroxylation is 1. The van der Waals surface area contributed by atoms with E-state index in [9.17, 15) is 4.79 Å². The maximum absolute atomic E-state index is 12.2. The summed E-state index contributed by atoms with van der Waals surface area (Å²) >= 11 is 4.90. The van der Waals surface area contributed by atoms with E-state index < -0.39 is 0 Å². The fourth-order valence-electron chi connectivity index (χ4n) is 2.81. The number of anilines is 1. The second-order valence-electron chi connectivity index (χ2n) is 7.18. The molecule has 0 radical (unpaired) electrons. The fourth-order valence-corrected chi connectivity index (χ4v) is 3.84. The SMILES string of the molecule is COc1cc(C=NN=C(N)SCc2ccccc2)c(Br)cc1OCC(=O)Nc1ccc(C)cc1. The Balaban J connectivity index is 1.58. The van der Waals surface area contributed by atoms with Crippen molar-refractivity contribution >= 4 is 50.7 Å². The number of nitrogens with one attached hydrogen (secondary N) is 1. The van der Waals surface area contributed by atoms with E-state index in [1.54, 1.807) is 18.3 Å². The fraction of sp³-hybridized carbons (Fsp3) is 0.160. The Kier molecular flexibility index (Phi) is 9.54. The van der Waals surface area contributed by atoms with E-state index in [1.165, 1.54) is 18.9 Å². The molecule has 34 heavy (non-hydrogen) atoms. The van der Waals surface area contributed by atoms with Crippen molar-refractivity contribution in [2.45, 2.75) is 12.7 Å². The number of ether oxygens (including phenoxy) is 2. The van der Waals surface area contributed by atoms with Crippen LogP contribution in [0.15, 0.2) is 81.4 Å². The number of benzene rings is 3. The molecule has 0 aliphatic heterocycles. The molecule has 0 spiro atoms. The molecular weight excluding hydrogens is 516 g/mol. The van der Waals surface area contributed by atoms with Crippen molar-refractivity contribution in [2.75, 3.05) is 19.0 Å². The second kappa shape index (κ2) is 12.8. The highest BCUT2D eigenvalue weighted by molar-refractivity contribution is 9.10. The van der Waals surface area contributed by atoms with Crippen LogP contribution in [0.1, 0.15) is 16.7 Å². The Bertz CT molecular complexity index is 1170. The smallest absolute Gasteiger partial charge is 0.262 e. The van der Waals surface area contributed by atoms with Gasteiger partial charge in [-0.25, -0.2) is 0 Å². The summed E-state index contributed by atoms with van der Waals surface area (Å²) in [7, 11) is 1.53. The third kappa shape index (κ3) is 7.93. The third-order valence-corrected chi connectivity index (χ3v) is 6.10. The van der Waals surface area contributed by atoms with E-state index in [2.05, 4.69) is 31.4 Å². The topological polar surface area (TPSA) is 98.3 Å². The van der Waals surface area contributed by atoms with Crippen LogP contribution in [0.4, 0.5) is 5.69 Å². The molecule has 0 bridgehead atoms. The Hall–Kier alpha value is -3.30. The van der Waals surface area contributed by atoms with Crippen LogP contribution in [-0.4, -0.2) is 31.0 Å². The zero-order valence-corrected chi connectivity index (χ0v) is 21.2. The normalized spacial score (nSPS) is 11.4. The number of methoxy groups -OCH3 is 1. The van der Waals surface area contributed by atoms with Crippen LogP contribution >= 0.6 is 27.7 Å². The minimum Gasteiger partial charge on any atom is -0.493 e. The van der Waals surface area contributed by atoms with Crippen molar-refractivity contribution in [3.05, 3.63) is 87.9 Å². The van der Waals surface area contributed by atoms with Gasteiger partial charge in [-0.2, -0.15) is 5.10 Å². The Morgan fingerprint density at radius 3 is 2.56 bits per heavy atom. The predicted octanol–water partition coefficient (Wildman–Crippen LogP) is 5.37. The number of carbonyl (C=O) groups excluding carboxylic acids is 1. The summed E-state index contributed by atoms with van der Waals surface area (Å²) in [6.45, 7) is 1.82. The van der Waals surface area contributed by atoms with Crippen molar-refractivity contribution < 1.29 is 14.3 Å². The largest absolute Gasteiger partial charge is 0.493 e. The summed E-state index contributed by atoms with van der Waals surface area (Å²) in [5, 5.41) is 11.3. The number of nitrogens with two attached hydrogens (primary N) is 1. The molecule has 0 aromatic heterocycles. The van der Waals surface area contributed by atoms with Gasteiger partial charge in [0.05, 0.1) is 13.3 Å². The Morgan fingerprint density at radius 2 is 1.85 bits per heavy atom. The zero-order valence-electron chi connectivity index (χ0n) is 18.8. The molecule has 0 saturated heterocycles. The number of carbonyl (C=O) groups is 1. The molecule has 0 atom stereocenters. The molecule has 1 amide bonds. The first-order valence-electron chi connectivity index (χ1n) is 10.3. The number of amidine groups is 1. The van der Waals surface area contributed by atoms with Gasteiger partial charge in [-0.3, -0.25) is 4.79 Å². The van der Waals surface area contributed by atoms with E-state index in [-0.39, 0.29) is 12.5 Å². The summed E-state index contributed by atoms with van der Waals surface area (Å²) < 4.78 is 11.8. The highest BCUT2D eigenvalue weighted by Crippen LogP contribution is 2.33. The van der Waals surface area contributed by atoms with E-state index >= 15 is 0 Å². The van der Waals surface area contributed by atoms with Crippen LogP contribution in [-0.2, 0) is 10.5 Å². The number of rotatable bonds is 9. The molecular formula is C25H25BrN4O3S. The maximum Gasteiger partial charge on any atom is 0.262 e. The van der Waals surface area contributed by atoms with Crippen molar-refractivity contribution in [1.82, 2.24) is 0 Å². The first-order chi connectivity index (χ1) is 16.4. The predicted molar refractivity (Wildman–Crippen MR) is 143 cm³/mol. The van der Waals surface area contributed by atoms with Gasteiger partial charge in [0.25, 0.3) is 5.91 Å². The Morgan fingerprint density at radius 1 is 1.12 bits per heavy atom. The van der Waals surface area contributed by atoms with Crippen LogP contribution in [0.5, 0.6) is 11.5 Å². The number of thioether (sulfide) groups is 1. The minimum absolute atomic E-state index is 0.163. The average Bonchev–Trinajstić information content (AvgIpc) is 2.84. The molecule has 0 saturated carbocycles. The third-order valence-electron chi connectivity index (χ3n) is 4.56. The van der Waals surface area contributed by atoms with E-state index in [0.717, 1.165) is 16.7 Å². The number of hydrogen-bond donors (Lipinski definition) is 2. The van der Waals surface area contributed by atoms with Crippen molar-refractivity contribution in [3.63, 3.8) is 0 Å². The molecule has 3 aromatic carbocycles. The minimum atomic E-state index is -0.273. The number of nitrogens with zero attached hydrogens (tertiary/aromatic N) is 2. The van der Waals surface area contributed by atoms with Crippen LogP contribution in [0.25, 0.3) is 0 Å². The molecule has 0 fully saturated rings. The van der Waals surface area contributed by atoms with Gasteiger partial charge in [0.15, 0.2) is 23.3 Å². The van der Waals surface area contributed by atoms with Crippen molar-refractivity contribution in [1.29, 1.82) is 0 Å². The molecule has 0 unspecified atom stereocenters. The quantitative estimate of drug-likeness (QED) is 0.216. The van der Waals surface area contributed by atoms with Crippen LogP contribution < -0.4 is 20.5 Å².